The van der Waals surface area contributed by atoms with Crippen LogP contribution in [0.1, 0.15) is 42.5 Å². The lowest BCUT2D eigenvalue weighted by molar-refractivity contribution is -0.146. The molecule has 0 spiro atoms. The number of carbonyl (C=O) groups excluding carboxylic acids is 2. The fourth-order valence-corrected chi connectivity index (χ4v) is 2.70. The molecule has 28 heavy (non-hydrogen) atoms. The van der Waals surface area contributed by atoms with Crippen LogP contribution in [0.25, 0.3) is 0 Å². The van der Waals surface area contributed by atoms with Crippen molar-refractivity contribution in [2.75, 3.05) is 0 Å². The van der Waals surface area contributed by atoms with E-state index >= 15 is 0 Å². The molecule has 0 atom stereocenters. The Kier molecular flexibility index (Phi) is 7.62. The number of ether oxygens (including phenoxy) is 1. The first-order valence-corrected chi connectivity index (χ1v) is 8.89. The van der Waals surface area contributed by atoms with Crippen molar-refractivity contribution in [3.05, 3.63) is 59.2 Å². The van der Waals surface area contributed by atoms with Crippen LogP contribution in [0.4, 0.5) is 0 Å². The van der Waals surface area contributed by atoms with Gasteiger partial charge in [-0.2, -0.15) is 10.5 Å². The van der Waals surface area contributed by atoms with Crippen LogP contribution < -0.4 is 16.4 Å². The number of amides is 1. The van der Waals surface area contributed by atoms with Crippen LogP contribution in [0.2, 0.25) is 0 Å². The minimum Gasteiger partial charge on any atom is -0.458 e. The van der Waals surface area contributed by atoms with Crippen molar-refractivity contribution in [1.82, 2.24) is 10.6 Å². The second-order valence-electron chi connectivity index (χ2n) is 6.20. The summed E-state index contributed by atoms with van der Waals surface area (Å²) in [6.07, 6.45) is 5.49. The molecule has 0 unspecified atom stereocenters. The number of nitrogens with one attached hydrogen (secondary N) is 2. The highest BCUT2D eigenvalue weighted by Crippen LogP contribution is 2.21. The zero-order valence-corrected chi connectivity index (χ0v) is 15.3. The van der Waals surface area contributed by atoms with Gasteiger partial charge >= 0.3 is 5.97 Å². The maximum absolute atomic E-state index is 12.6. The molecule has 4 N–H and O–H groups in total. The van der Waals surface area contributed by atoms with Crippen LogP contribution in [0, 0.1) is 22.7 Å². The first kappa shape index (κ1) is 20.5. The van der Waals surface area contributed by atoms with E-state index in [1.54, 1.807) is 42.5 Å². The third-order valence-corrected chi connectivity index (χ3v) is 4.19. The van der Waals surface area contributed by atoms with Gasteiger partial charge in [-0.3, -0.25) is 4.79 Å². The van der Waals surface area contributed by atoms with E-state index in [4.69, 9.17) is 21.0 Å². The van der Waals surface area contributed by atoms with Crippen molar-refractivity contribution < 1.29 is 14.3 Å². The predicted molar refractivity (Wildman–Crippen MR) is 101 cm³/mol. The summed E-state index contributed by atoms with van der Waals surface area (Å²) in [7, 11) is 0. The number of benzene rings is 1. The molecule has 0 heterocycles. The number of esters is 1. The number of rotatable bonds is 6. The second kappa shape index (κ2) is 10.4. The third kappa shape index (κ3) is 5.89. The molecule has 1 amide bonds. The molecule has 8 nitrogen and oxygen atoms in total. The molecule has 1 aliphatic carbocycles. The van der Waals surface area contributed by atoms with Crippen LogP contribution in [-0.4, -0.2) is 18.0 Å². The molecule has 1 saturated carbocycles. The summed E-state index contributed by atoms with van der Waals surface area (Å²) in [5.74, 6) is -1.23. The summed E-state index contributed by atoms with van der Waals surface area (Å²) in [5.41, 5.74) is 5.03. The Morgan fingerprint density at radius 1 is 1.11 bits per heavy atom. The molecule has 2 rings (SSSR count). The fourth-order valence-electron chi connectivity index (χ4n) is 2.70. The van der Waals surface area contributed by atoms with E-state index in [1.165, 1.54) is 0 Å². The molecule has 0 aromatic heterocycles. The molecule has 1 fully saturated rings. The van der Waals surface area contributed by atoms with E-state index in [-0.39, 0.29) is 23.2 Å². The second-order valence-corrected chi connectivity index (χ2v) is 6.20. The number of allylic oxidation sites excluding steroid dienone is 2. The summed E-state index contributed by atoms with van der Waals surface area (Å²) < 4.78 is 5.49. The third-order valence-electron chi connectivity index (χ3n) is 4.19. The van der Waals surface area contributed by atoms with Gasteiger partial charge in [-0.15, -0.1) is 0 Å². The van der Waals surface area contributed by atoms with Gasteiger partial charge in [0.2, 0.25) is 0 Å². The van der Waals surface area contributed by atoms with Gasteiger partial charge < -0.3 is 21.1 Å². The Bertz CT molecular complexity index is 856. The number of carbonyl (C=O) groups is 2. The molecular formula is C20H21N5O3. The maximum Gasteiger partial charge on any atom is 0.356 e. The minimum atomic E-state index is -0.725. The van der Waals surface area contributed by atoms with Gasteiger partial charge in [0, 0.05) is 11.8 Å². The topological polar surface area (TPSA) is 141 Å². The predicted octanol–water partition coefficient (Wildman–Crippen LogP) is 1.94. The lowest BCUT2D eigenvalue weighted by atomic mass is 9.98. The molecule has 0 aliphatic heterocycles. The Morgan fingerprint density at radius 2 is 1.79 bits per heavy atom. The van der Waals surface area contributed by atoms with Crippen molar-refractivity contribution >= 4 is 11.9 Å². The molecule has 1 aromatic rings. The van der Waals surface area contributed by atoms with E-state index in [1.807, 2.05) is 0 Å². The smallest absolute Gasteiger partial charge is 0.356 e. The van der Waals surface area contributed by atoms with E-state index in [9.17, 15) is 9.59 Å². The average molecular weight is 379 g/mol. The largest absolute Gasteiger partial charge is 0.458 e. The monoisotopic (exact) mass is 379 g/mol. The zero-order valence-electron chi connectivity index (χ0n) is 15.3. The van der Waals surface area contributed by atoms with Gasteiger partial charge in [0.15, 0.2) is 5.70 Å². The van der Waals surface area contributed by atoms with Crippen LogP contribution in [-0.2, 0) is 9.53 Å². The highest BCUT2D eigenvalue weighted by Gasteiger charge is 2.22. The maximum atomic E-state index is 12.6. The van der Waals surface area contributed by atoms with E-state index < -0.39 is 11.9 Å². The number of nitrogens with zero attached hydrogens (tertiary/aromatic N) is 2. The van der Waals surface area contributed by atoms with E-state index in [0.29, 0.717) is 5.56 Å². The lowest BCUT2D eigenvalue weighted by Crippen LogP contribution is -2.32. The highest BCUT2D eigenvalue weighted by atomic mass is 16.5. The van der Waals surface area contributed by atoms with Crippen molar-refractivity contribution in [1.29, 1.82) is 10.5 Å². The molecule has 8 heteroatoms. The van der Waals surface area contributed by atoms with Crippen LogP contribution in [0.15, 0.2) is 53.6 Å². The Morgan fingerprint density at radius 3 is 2.39 bits per heavy atom. The number of hydrogen-bond acceptors (Lipinski definition) is 7. The van der Waals surface area contributed by atoms with Gasteiger partial charge in [0.1, 0.15) is 29.6 Å². The summed E-state index contributed by atoms with van der Waals surface area (Å²) in [5, 5.41) is 22.9. The molecule has 1 aliphatic rings. The summed E-state index contributed by atoms with van der Waals surface area (Å²) in [6, 6.07) is 11.7. The first-order valence-electron chi connectivity index (χ1n) is 8.89. The van der Waals surface area contributed by atoms with Gasteiger partial charge in [0.05, 0.1) is 0 Å². The normalized spacial score (nSPS) is 15.4. The molecule has 0 saturated heterocycles. The van der Waals surface area contributed by atoms with Crippen LogP contribution in [0.5, 0.6) is 0 Å². The zero-order chi connectivity index (χ0) is 20.4. The van der Waals surface area contributed by atoms with Gasteiger partial charge in [-0.05, 0) is 37.8 Å². The lowest BCUT2D eigenvalue weighted by Gasteiger charge is -2.22. The van der Waals surface area contributed by atoms with E-state index in [0.717, 1.165) is 38.3 Å². The number of hydrogen-bond donors (Lipinski definition) is 3. The molecule has 0 bridgehead atoms. The van der Waals surface area contributed by atoms with Crippen molar-refractivity contribution in [3.63, 3.8) is 0 Å². The Labute approximate surface area is 163 Å². The molecule has 144 valence electrons. The molecule has 1 aromatic carbocycles. The van der Waals surface area contributed by atoms with Crippen LogP contribution >= 0.6 is 0 Å². The van der Waals surface area contributed by atoms with Crippen molar-refractivity contribution in [2.45, 2.75) is 38.2 Å². The highest BCUT2D eigenvalue weighted by molar-refractivity contribution is 6.01. The molecule has 0 radical (unpaired) electrons. The standard InChI is InChI=1S/C20H21N5O3/c21-11-16(23)17(12-22)24-13-18(20(27)28-15-9-5-2-6-10-15)25-19(26)14-7-3-1-4-8-14/h1,3-4,7-8,13,15,24H,2,5-6,9-10,23H2,(H,25,26)/b17-16-,18-13-. The van der Waals surface area contributed by atoms with Crippen molar-refractivity contribution in [2.24, 2.45) is 5.73 Å². The van der Waals surface area contributed by atoms with Crippen molar-refractivity contribution in [3.8, 4) is 12.1 Å². The van der Waals surface area contributed by atoms with E-state index in [2.05, 4.69) is 10.6 Å². The Balaban J connectivity index is 2.20. The Hall–Kier alpha value is -3.78. The van der Waals surface area contributed by atoms with Gasteiger partial charge in [0.25, 0.3) is 5.91 Å². The summed E-state index contributed by atoms with van der Waals surface area (Å²) >= 11 is 0. The number of nitrogens with two attached hydrogens (primary N) is 1. The average Bonchev–Trinajstić information content (AvgIpc) is 2.74. The van der Waals surface area contributed by atoms with Gasteiger partial charge in [-0.1, -0.05) is 24.6 Å². The number of nitriles is 2. The SMILES string of the molecule is N#C/C(N)=C(\C#N)N/C=C(\NC(=O)c1ccccc1)C(=O)OC1CCCCC1. The first-order chi connectivity index (χ1) is 13.5. The summed E-state index contributed by atoms with van der Waals surface area (Å²) in [6.45, 7) is 0. The fraction of sp³-hybridized carbons (Fsp3) is 0.300. The quantitative estimate of drug-likeness (QED) is 0.389. The summed E-state index contributed by atoms with van der Waals surface area (Å²) in [4.78, 5) is 25.0. The molecular weight excluding hydrogens is 358 g/mol. The van der Waals surface area contributed by atoms with Gasteiger partial charge in [-0.25, -0.2) is 4.79 Å². The van der Waals surface area contributed by atoms with Crippen LogP contribution in [0.3, 0.4) is 0 Å². The minimum absolute atomic E-state index is 0.182.